The fourth-order valence-corrected chi connectivity index (χ4v) is 3.85. The molecule has 1 fully saturated rings. The Balaban J connectivity index is 1.32. The number of anilines is 1. The highest BCUT2D eigenvalue weighted by Crippen LogP contribution is 2.44. The van der Waals surface area contributed by atoms with E-state index >= 15 is 0 Å². The van der Waals surface area contributed by atoms with E-state index in [1.807, 2.05) is 48.5 Å². The molecule has 1 aromatic carbocycles. The van der Waals surface area contributed by atoms with Crippen LogP contribution in [0.5, 0.6) is 0 Å². The van der Waals surface area contributed by atoms with Gasteiger partial charge in [0.1, 0.15) is 12.0 Å². The second-order valence-corrected chi connectivity index (χ2v) is 7.33. The number of halogens is 1. The Labute approximate surface area is 161 Å². The molecule has 3 aromatic heterocycles. The third kappa shape index (κ3) is 2.98. The van der Waals surface area contributed by atoms with Crippen LogP contribution in [-0.2, 0) is 5.41 Å². The first-order chi connectivity index (χ1) is 13.7. The molecule has 0 aliphatic heterocycles. The summed E-state index contributed by atoms with van der Waals surface area (Å²) in [7, 11) is 0. The van der Waals surface area contributed by atoms with Gasteiger partial charge in [-0.2, -0.15) is 5.10 Å². The largest absolute Gasteiger partial charge is 0.368 e. The maximum Gasteiger partial charge on any atom is 0.148 e. The Bertz CT molecular complexity index is 1090. The van der Waals surface area contributed by atoms with Gasteiger partial charge in [-0.1, -0.05) is 18.2 Å². The average Bonchev–Trinajstić information content (AvgIpc) is 3.19. The zero-order valence-electron chi connectivity index (χ0n) is 15.1. The predicted octanol–water partition coefficient (Wildman–Crippen LogP) is 3.90. The molecule has 3 heterocycles. The molecule has 28 heavy (non-hydrogen) atoms. The highest BCUT2D eigenvalue weighted by atomic mass is 19.1. The SMILES string of the molecule is FC1CC(CNc2ccc(-c3ccc4cn[nH]c4c3)nn2)(c2ccccn2)C1. The number of H-pyrrole nitrogens is 1. The van der Waals surface area contributed by atoms with Crippen LogP contribution in [0.2, 0.25) is 0 Å². The minimum Gasteiger partial charge on any atom is -0.368 e. The summed E-state index contributed by atoms with van der Waals surface area (Å²) in [4.78, 5) is 4.44. The van der Waals surface area contributed by atoms with E-state index in [-0.39, 0.29) is 5.41 Å². The van der Waals surface area contributed by atoms with Gasteiger partial charge in [0.15, 0.2) is 0 Å². The molecule has 1 saturated carbocycles. The van der Waals surface area contributed by atoms with Crippen molar-refractivity contribution in [3.05, 3.63) is 66.6 Å². The number of aromatic nitrogens is 5. The molecular formula is C21H19FN6. The van der Waals surface area contributed by atoms with Crippen LogP contribution in [0.3, 0.4) is 0 Å². The number of pyridine rings is 1. The molecule has 0 radical (unpaired) electrons. The second-order valence-electron chi connectivity index (χ2n) is 7.33. The fourth-order valence-electron chi connectivity index (χ4n) is 3.85. The van der Waals surface area contributed by atoms with Crippen LogP contribution in [0.15, 0.2) is 60.9 Å². The quantitative estimate of drug-likeness (QED) is 0.554. The summed E-state index contributed by atoms with van der Waals surface area (Å²) in [5, 5.41) is 20.0. The summed E-state index contributed by atoms with van der Waals surface area (Å²) < 4.78 is 13.7. The first kappa shape index (κ1) is 16.8. The van der Waals surface area contributed by atoms with Crippen LogP contribution in [0.1, 0.15) is 18.5 Å². The normalized spacial score (nSPS) is 21.4. The van der Waals surface area contributed by atoms with Crippen molar-refractivity contribution in [3.8, 4) is 11.3 Å². The van der Waals surface area contributed by atoms with Gasteiger partial charge in [0.2, 0.25) is 0 Å². The molecule has 6 nitrogen and oxygen atoms in total. The second kappa shape index (κ2) is 6.67. The number of benzene rings is 1. The van der Waals surface area contributed by atoms with E-state index in [0.717, 1.165) is 27.9 Å². The Kier molecular flexibility index (Phi) is 4.00. The molecule has 0 unspecified atom stereocenters. The van der Waals surface area contributed by atoms with E-state index in [0.29, 0.717) is 25.2 Å². The van der Waals surface area contributed by atoms with Gasteiger partial charge in [-0.3, -0.25) is 10.1 Å². The summed E-state index contributed by atoms with van der Waals surface area (Å²) in [5.74, 6) is 0.670. The lowest BCUT2D eigenvalue weighted by Crippen LogP contribution is -2.48. The lowest BCUT2D eigenvalue weighted by Gasteiger charge is -2.43. The van der Waals surface area contributed by atoms with Gasteiger partial charge in [-0.05, 0) is 43.2 Å². The molecule has 0 atom stereocenters. The lowest BCUT2D eigenvalue weighted by atomic mass is 9.65. The number of fused-ring (bicyclic) bond motifs is 1. The van der Waals surface area contributed by atoms with E-state index < -0.39 is 6.17 Å². The van der Waals surface area contributed by atoms with Crippen molar-refractivity contribution >= 4 is 16.7 Å². The number of rotatable bonds is 5. The van der Waals surface area contributed by atoms with Gasteiger partial charge in [-0.15, -0.1) is 10.2 Å². The lowest BCUT2D eigenvalue weighted by molar-refractivity contribution is 0.0996. The maximum absolute atomic E-state index is 13.7. The van der Waals surface area contributed by atoms with Crippen molar-refractivity contribution in [2.45, 2.75) is 24.4 Å². The highest BCUT2D eigenvalue weighted by molar-refractivity contribution is 5.83. The predicted molar refractivity (Wildman–Crippen MR) is 106 cm³/mol. The van der Waals surface area contributed by atoms with Gasteiger partial charge >= 0.3 is 0 Å². The summed E-state index contributed by atoms with van der Waals surface area (Å²) in [6, 6.07) is 15.6. The van der Waals surface area contributed by atoms with Gasteiger partial charge in [-0.25, -0.2) is 4.39 Å². The van der Waals surface area contributed by atoms with Gasteiger partial charge < -0.3 is 5.32 Å². The number of hydrogen-bond acceptors (Lipinski definition) is 5. The first-order valence-electron chi connectivity index (χ1n) is 9.29. The molecule has 1 aliphatic carbocycles. The topological polar surface area (TPSA) is 79.4 Å². The molecule has 0 saturated heterocycles. The summed E-state index contributed by atoms with van der Waals surface area (Å²) in [5.41, 5.74) is 3.36. The van der Waals surface area contributed by atoms with E-state index in [4.69, 9.17) is 0 Å². The fraction of sp³-hybridized carbons (Fsp3) is 0.238. The van der Waals surface area contributed by atoms with E-state index in [9.17, 15) is 4.39 Å². The number of hydrogen-bond donors (Lipinski definition) is 2. The molecule has 1 aliphatic rings. The Hall–Kier alpha value is -3.35. The third-order valence-corrected chi connectivity index (χ3v) is 5.44. The number of alkyl halides is 1. The van der Waals surface area contributed by atoms with Crippen LogP contribution >= 0.6 is 0 Å². The molecular weight excluding hydrogens is 355 g/mol. The molecule has 2 N–H and O–H groups in total. The summed E-state index contributed by atoms with van der Waals surface area (Å²) in [6.07, 6.45) is 3.74. The summed E-state index contributed by atoms with van der Waals surface area (Å²) >= 11 is 0. The monoisotopic (exact) mass is 374 g/mol. The molecule has 140 valence electrons. The van der Waals surface area contributed by atoms with Gasteiger partial charge in [0, 0.05) is 34.8 Å². The number of aromatic amines is 1. The van der Waals surface area contributed by atoms with Crippen LogP contribution in [-0.4, -0.2) is 38.1 Å². The van der Waals surface area contributed by atoms with Crippen LogP contribution in [0, 0.1) is 0 Å². The average molecular weight is 374 g/mol. The highest BCUT2D eigenvalue weighted by Gasteiger charge is 2.46. The van der Waals surface area contributed by atoms with Crippen LogP contribution < -0.4 is 5.32 Å². The van der Waals surface area contributed by atoms with E-state index in [1.165, 1.54) is 0 Å². The van der Waals surface area contributed by atoms with Crippen molar-refractivity contribution in [3.63, 3.8) is 0 Å². The molecule has 7 heteroatoms. The van der Waals surface area contributed by atoms with E-state index in [2.05, 4.69) is 30.7 Å². The van der Waals surface area contributed by atoms with Crippen molar-refractivity contribution in [2.75, 3.05) is 11.9 Å². The molecule has 0 bridgehead atoms. The zero-order chi connectivity index (χ0) is 19.0. The maximum atomic E-state index is 13.7. The Morgan fingerprint density at radius 1 is 1.11 bits per heavy atom. The Morgan fingerprint density at radius 2 is 2.04 bits per heavy atom. The number of nitrogens with zero attached hydrogens (tertiary/aromatic N) is 4. The smallest absolute Gasteiger partial charge is 0.148 e. The minimum atomic E-state index is -0.769. The van der Waals surface area contributed by atoms with Crippen LogP contribution in [0.4, 0.5) is 10.2 Å². The van der Waals surface area contributed by atoms with Crippen molar-refractivity contribution in [1.29, 1.82) is 0 Å². The Morgan fingerprint density at radius 3 is 2.79 bits per heavy atom. The molecule has 4 aromatic rings. The molecule has 0 amide bonds. The number of nitrogens with one attached hydrogen (secondary N) is 2. The third-order valence-electron chi connectivity index (χ3n) is 5.44. The summed E-state index contributed by atoms with van der Waals surface area (Å²) in [6.45, 7) is 0.582. The van der Waals surface area contributed by atoms with Crippen molar-refractivity contribution in [1.82, 2.24) is 25.4 Å². The van der Waals surface area contributed by atoms with Crippen molar-refractivity contribution in [2.24, 2.45) is 0 Å². The van der Waals surface area contributed by atoms with Crippen LogP contribution in [0.25, 0.3) is 22.2 Å². The zero-order valence-corrected chi connectivity index (χ0v) is 15.1. The first-order valence-corrected chi connectivity index (χ1v) is 9.29. The van der Waals surface area contributed by atoms with Gasteiger partial charge in [0.25, 0.3) is 0 Å². The standard InChI is InChI=1S/C21H19FN6/c22-16-10-21(11-16,19-3-1-2-8-23-19)13-24-20-7-6-17(27-28-20)14-4-5-15-12-25-26-18(15)9-14/h1-9,12,16H,10-11,13H2,(H,24,28)(H,25,26). The molecule has 0 spiro atoms. The van der Waals surface area contributed by atoms with Crippen molar-refractivity contribution < 1.29 is 4.39 Å². The van der Waals surface area contributed by atoms with E-state index in [1.54, 1.807) is 12.4 Å². The molecule has 5 rings (SSSR count). The minimum absolute atomic E-state index is 0.285. The van der Waals surface area contributed by atoms with Gasteiger partial charge in [0.05, 0.1) is 17.4 Å².